The zero-order valence-electron chi connectivity index (χ0n) is 17.1. The van der Waals surface area contributed by atoms with Crippen molar-refractivity contribution in [3.8, 4) is 17.2 Å². The summed E-state index contributed by atoms with van der Waals surface area (Å²) in [5, 5.41) is 5.11. The van der Waals surface area contributed by atoms with Crippen LogP contribution in [0.3, 0.4) is 0 Å². The van der Waals surface area contributed by atoms with Gasteiger partial charge in [0, 0.05) is 18.7 Å². The first kappa shape index (κ1) is 22.3. The summed E-state index contributed by atoms with van der Waals surface area (Å²) in [5.41, 5.74) is 0.241. The molecule has 0 spiro atoms. The van der Waals surface area contributed by atoms with Gasteiger partial charge in [0.05, 0.1) is 41.1 Å². The molecule has 1 aliphatic rings. The zero-order chi connectivity index (χ0) is 21.4. The highest BCUT2D eigenvalue weighted by molar-refractivity contribution is 5.98. The fourth-order valence-corrected chi connectivity index (χ4v) is 2.89. The van der Waals surface area contributed by atoms with Crippen molar-refractivity contribution in [1.82, 2.24) is 15.5 Å². The lowest BCUT2D eigenvalue weighted by Gasteiger charge is -2.29. The number of hydrogen-bond acceptors (Lipinski definition) is 7. The van der Waals surface area contributed by atoms with Crippen LogP contribution in [0.1, 0.15) is 17.3 Å². The molecule has 1 aromatic carbocycles. The molecule has 1 heterocycles. The molecule has 29 heavy (non-hydrogen) atoms. The Labute approximate surface area is 169 Å². The van der Waals surface area contributed by atoms with E-state index in [1.54, 1.807) is 11.8 Å². The smallest absolute Gasteiger partial charge is 0.251 e. The molecule has 3 amide bonds. The maximum absolute atomic E-state index is 12.4. The van der Waals surface area contributed by atoms with Crippen molar-refractivity contribution in [2.75, 3.05) is 54.2 Å². The molecule has 1 unspecified atom stereocenters. The van der Waals surface area contributed by atoms with Crippen molar-refractivity contribution in [2.45, 2.75) is 13.0 Å². The lowest BCUT2D eigenvalue weighted by atomic mass is 10.1. The van der Waals surface area contributed by atoms with Gasteiger partial charge in [-0.3, -0.25) is 14.4 Å². The van der Waals surface area contributed by atoms with Gasteiger partial charge in [-0.1, -0.05) is 0 Å². The molecule has 1 aliphatic heterocycles. The van der Waals surface area contributed by atoms with Crippen LogP contribution in [0.2, 0.25) is 0 Å². The molecule has 0 aliphatic carbocycles. The first-order valence-corrected chi connectivity index (χ1v) is 9.15. The third-order valence-electron chi connectivity index (χ3n) is 4.41. The number of benzene rings is 1. The summed E-state index contributed by atoms with van der Waals surface area (Å²) in [7, 11) is 4.35. The van der Waals surface area contributed by atoms with Crippen molar-refractivity contribution in [1.29, 1.82) is 0 Å². The Bertz CT molecular complexity index is 722. The van der Waals surface area contributed by atoms with E-state index in [-0.39, 0.29) is 18.0 Å². The molecule has 10 nitrogen and oxygen atoms in total. The lowest BCUT2D eigenvalue weighted by Crippen LogP contribution is -2.52. The summed E-state index contributed by atoms with van der Waals surface area (Å²) >= 11 is 0. The molecule has 1 saturated heterocycles. The molecular formula is C19H27N3O7. The highest BCUT2D eigenvalue weighted by atomic mass is 16.5. The van der Waals surface area contributed by atoms with E-state index in [2.05, 4.69) is 10.6 Å². The van der Waals surface area contributed by atoms with Crippen LogP contribution in [0.25, 0.3) is 0 Å². The Morgan fingerprint density at radius 3 is 2.17 bits per heavy atom. The van der Waals surface area contributed by atoms with E-state index in [9.17, 15) is 14.4 Å². The standard InChI is InChI=1S/C19H27N3O7/c1-12(19(25)22-5-7-29-8-6-22)21-16(23)11-20-18(24)13-9-14(26-2)17(28-4)15(10-13)27-3/h9-10,12H,5-8,11H2,1-4H3,(H,20,24)(H,21,23). The van der Waals surface area contributed by atoms with E-state index in [1.165, 1.54) is 33.5 Å². The first-order chi connectivity index (χ1) is 13.9. The molecule has 160 valence electrons. The van der Waals surface area contributed by atoms with Gasteiger partial charge in [0.25, 0.3) is 5.91 Å². The number of carbonyl (C=O) groups excluding carboxylic acids is 3. The number of hydrogen-bond donors (Lipinski definition) is 2. The first-order valence-electron chi connectivity index (χ1n) is 9.15. The largest absolute Gasteiger partial charge is 0.493 e. The van der Waals surface area contributed by atoms with Crippen LogP contribution in [0.5, 0.6) is 17.2 Å². The molecule has 0 bridgehead atoms. The SMILES string of the molecule is COc1cc(C(=O)NCC(=O)NC(C)C(=O)N2CCOCC2)cc(OC)c1OC. The van der Waals surface area contributed by atoms with Crippen molar-refractivity contribution in [2.24, 2.45) is 0 Å². The highest BCUT2D eigenvalue weighted by Crippen LogP contribution is 2.38. The molecule has 1 atom stereocenters. The lowest BCUT2D eigenvalue weighted by molar-refractivity contribution is -0.139. The number of carbonyl (C=O) groups is 3. The van der Waals surface area contributed by atoms with Gasteiger partial charge in [-0.15, -0.1) is 0 Å². The van der Waals surface area contributed by atoms with E-state index in [4.69, 9.17) is 18.9 Å². The molecule has 0 saturated carbocycles. The predicted octanol–water partition coefficient (Wildman–Crippen LogP) is -0.194. The van der Waals surface area contributed by atoms with Gasteiger partial charge in [0.2, 0.25) is 17.6 Å². The maximum atomic E-state index is 12.4. The van der Waals surface area contributed by atoms with Crippen molar-refractivity contribution >= 4 is 17.7 Å². The molecular weight excluding hydrogens is 382 g/mol. The van der Waals surface area contributed by atoms with Crippen LogP contribution in [-0.2, 0) is 14.3 Å². The summed E-state index contributed by atoms with van der Waals surface area (Å²) in [4.78, 5) is 38.5. The summed E-state index contributed by atoms with van der Waals surface area (Å²) in [6.45, 7) is 3.29. The number of morpholine rings is 1. The van der Waals surface area contributed by atoms with E-state index in [1.807, 2.05) is 0 Å². The predicted molar refractivity (Wildman–Crippen MR) is 103 cm³/mol. The fourth-order valence-electron chi connectivity index (χ4n) is 2.89. The van der Waals surface area contributed by atoms with Crippen LogP contribution in [0.15, 0.2) is 12.1 Å². The second-order valence-electron chi connectivity index (χ2n) is 6.32. The minimum absolute atomic E-state index is 0.183. The van der Waals surface area contributed by atoms with Crippen molar-refractivity contribution < 1.29 is 33.3 Å². The summed E-state index contributed by atoms with van der Waals surface area (Å²) in [6.07, 6.45) is 0. The van der Waals surface area contributed by atoms with Crippen LogP contribution in [0, 0.1) is 0 Å². The monoisotopic (exact) mass is 409 g/mol. The van der Waals surface area contributed by atoms with Crippen LogP contribution in [-0.4, -0.2) is 82.8 Å². The minimum atomic E-state index is -0.696. The number of ether oxygens (including phenoxy) is 4. The van der Waals surface area contributed by atoms with Gasteiger partial charge >= 0.3 is 0 Å². The van der Waals surface area contributed by atoms with Gasteiger partial charge in [-0.05, 0) is 19.1 Å². The molecule has 0 aromatic heterocycles. The van der Waals surface area contributed by atoms with Crippen LogP contribution >= 0.6 is 0 Å². The van der Waals surface area contributed by atoms with E-state index >= 15 is 0 Å². The topological polar surface area (TPSA) is 115 Å². The Balaban J connectivity index is 1.92. The third-order valence-corrected chi connectivity index (χ3v) is 4.41. The molecule has 1 fully saturated rings. The summed E-state index contributed by atoms with van der Waals surface area (Å²) < 4.78 is 20.9. The highest BCUT2D eigenvalue weighted by Gasteiger charge is 2.24. The van der Waals surface area contributed by atoms with Gasteiger partial charge in [-0.25, -0.2) is 0 Å². The van der Waals surface area contributed by atoms with E-state index < -0.39 is 17.9 Å². The molecule has 2 N–H and O–H groups in total. The number of nitrogens with zero attached hydrogens (tertiary/aromatic N) is 1. The molecule has 10 heteroatoms. The Morgan fingerprint density at radius 1 is 1.07 bits per heavy atom. The minimum Gasteiger partial charge on any atom is -0.493 e. The third kappa shape index (κ3) is 5.74. The van der Waals surface area contributed by atoms with Crippen molar-refractivity contribution in [3.63, 3.8) is 0 Å². The molecule has 2 rings (SSSR count). The van der Waals surface area contributed by atoms with Gasteiger partial charge in [0.15, 0.2) is 11.5 Å². The van der Waals surface area contributed by atoms with E-state index in [0.29, 0.717) is 43.6 Å². The summed E-state index contributed by atoms with van der Waals surface area (Å²) in [5.74, 6) is -0.138. The van der Waals surface area contributed by atoms with Crippen LogP contribution in [0.4, 0.5) is 0 Å². The average Bonchev–Trinajstić information content (AvgIpc) is 2.76. The Kier molecular flexibility index (Phi) is 8.08. The van der Waals surface area contributed by atoms with Gasteiger partial charge < -0.3 is 34.5 Å². The second kappa shape index (κ2) is 10.5. The Hall–Kier alpha value is -3.01. The number of rotatable bonds is 8. The fraction of sp³-hybridized carbons (Fsp3) is 0.526. The maximum Gasteiger partial charge on any atom is 0.251 e. The average molecular weight is 409 g/mol. The van der Waals surface area contributed by atoms with Gasteiger partial charge in [-0.2, -0.15) is 0 Å². The number of methoxy groups -OCH3 is 3. The van der Waals surface area contributed by atoms with Crippen LogP contribution < -0.4 is 24.8 Å². The van der Waals surface area contributed by atoms with Gasteiger partial charge in [0.1, 0.15) is 6.04 Å². The normalized spacial score (nSPS) is 14.6. The molecule has 0 radical (unpaired) electrons. The Morgan fingerprint density at radius 2 is 1.66 bits per heavy atom. The number of nitrogens with one attached hydrogen (secondary N) is 2. The van der Waals surface area contributed by atoms with Crippen molar-refractivity contribution in [3.05, 3.63) is 17.7 Å². The quantitative estimate of drug-likeness (QED) is 0.611. The van der Waals surface area contributed by atoms with E-state index in [0.717, 1.165) is 0 Å². The second-order valence-corrected chi connectivity index (χ2v) is 6.32. The zero-order valence-corrected chi connectivity index (χ0v) is 17.1. The number of amides is 3. The molecule has 1 aromatic rings. The summed E-state index contributed by atoms with van der Waals surface area (Å²) in [6, 6.07) is 2.27.